The van der Waals surface area contributed by atoms with E-state index in [0.29, 0.717) is 12.2 Å². The van der Waals surface area contributed by atoms with Crippen molar-refractivity contribution in [3.05, 3.63) is 29.6 Å². The number of nitrogens with one attached hydrogen (secondary N) is 1. The van der Waals surface area contributed by atoms with E-state index in [1.54, 1.807) is 12.3 Å². The summed E-state index contributed by atoms with van der Waals surface area (Å²) in [5.74, 6) is -0.210. The predicted molar refractivity (Wildman–Crippen MR) is 60.1 cm³/mol. The van der Waals surface area contributed by atoms with Gasteiger partial charge in [-0.1, -0.05) is 6.07 Å². The molecule has 1 heterocycles. The zero-order valence-corrected chi connectivity index (χ0v) is 9.36. The minimum absolute atomic E-state index is 0.210. The van der Waals surface area contributed by atoms with Crippen LogP contribution in [0.5, 0.6) is 0 Å². The lowest BCUT2D eigenvalue weighted by Gasteiger charge is -2.36. The molecule has 86 valence electrons. The maximum atomic E-state index is 11.8. The summed E-state index contributed by atoms with van der Waals surface area (Å²) in [6, 6.07) is 3.64. The molecule has 2 rings (SSSR count). The van der Waals surface area contributed by atoms with Crippen LogP contribution in [0.2, 0.25) is 0 Å². The third-order valence-corrected chi connectivity index (χ3v) is 3.09. The fourth-order valence-corrected chi connectivity index (χ4v) is 1.81. The van der Waals surface area contributed by atoms with Crippen LogP contribution in [0.15, 0.2) is 18.3 Å². The molecule has 1 aliphatic rings. The topological polar surface area (TPSA) is 62.2 Å². The summed E-state index contributed by atoms with van der Waals surface area (Å²) in [5.41, 5.74) is 0.601. The summed E-state index contributed by atoms with van der Waals surface area (Å²) in [7, 11) is 0. The second kappa shape index (κ2) is 4.22. The first-order chi connectivity index (χ1) is 7.61. The molecule has 0 saturated heterocycles. The van der Waals surface area contributed by atoms with Crippen molar-refractivity contribution in [1.82, 2.24) is 10.3 Å². The highest BCUT2D eigenvalue weighted by Crippen LogP contribution is 2.30. The molecular formula is C12H16N2O2. The van der Waals surface area contributed by atoms with E-state index >= 15 is 0 Å². The molecule has 2 N–H and O–H groups in total. The normalized spacial score (nSPS) is 17.6. The number of aryl methyl sites for hydroxylation is 1. The molecule has 4 heteroatoms. The van der Waals surface area contributed by atoms with Gasteiger partial charge < -0.3 is 10.4 Å². The van der Waals surface area contributed by atoms with E-state index in [-0.39, 0.29) is 5.91 Å². The van der Waals surface area contributed by atoms with Crippen LogP contribution in [-0.2, 0) is 0 Å². The van der Waals surface area contributed by atoms with E-state index in [2.05, 4.69) is 10.3 Å². The number of aromatic nitrogens is 1. The minimum Gasteiger partial charge on any atom is -0.388 e. The fraction of sp³-hybridized carbons (Fsp3) is 0.500. The quantitative estimate of drug-likeness (QED) is 0.800. The summed E-state index contributed by atoms with van der Waals surface area (Å²) in [5, 5.41) is 12.6. The van der Waals surface area contributed by atoms with Gasteiger partial charge in [0.05, 0.1) is 5.60 Å². The van der Waals surface area contributed by atoms with Gasteiger partial charge in [-0.25, -0.2) is 0 Å². The monoisotopic (exact) mass is 220 g/mol. The highest BCUT2D eigenvalue weighted by atomic mass is 16.3. The zero-order valence-electron chi connectivity index (χ0n) is 9.36. The lowest BCUT2D eigenvalue weighted by molar-refractivity contribution is -0.0300. The molecular weight excluding hydrogens is 204 g/mol. The van der Waals surface area contributed by atoms with Gasteiger partial charge in [0.25, 0.3) is 5.91 Å². The van der Waals surface area contributed by atoms with Gasteiger partial charge in [0.15, 0.2) is 0 Å². The molecule has 0 spiro atoms. The molecule has 0 bridgehead atoms. The Kier molecular flexibility index (Phi) is 2.92. The SMILES string of the molecule is Cc1cccnc1C(=O)NCC1(O)CCC1. The van der Waals surface area contributed by atoms with Crippen molar-refractivity contribution in [3.8, 4) is 0 Å². The van der Waals surface area contributed by atoms with Crippen LogP contribution < -0.4 is 5.32 Å². The van der Waals surface area contributed by atoms with Gasteiger partial charge >= 0.3 is 0 Å². The third kappa shape index (κ3) is 2.22. The van der Waals surface area contributed by atoms with Crippen molar-refractivity contribution in [2.75, 3.05) is 6.54 Å². The van der Waals surface area contributed by atoms with Gasteiger partial charge in [-0.05, 0) is 37.8 Å². The molecule has 1 saturated carbocycles. The summed E-state index contributed by atoms with van der Waals surface area (Å²) in [4.78, 5) is 15.8. The number of aliphatic hydroxyl groups is 1. The number of nitrogens with zero attached hydrogens (tertiary/aromatic N) is 1. The first-order valence-electron chi connectivity index (χ1n) is 5.53. The number of hydrogen-bond acceptors (Lipinski definition) is 3. The number of carbonyl (C=O) groups excluding carboxylic acids is 1. The number of pyridine rings is 1. The standard InChI is InChI=1S/C12H16N2O2/c1-9-4-2-7-13-10(9)11(15)14-8-12(16)5-3-6-12/h2,4,7,16H,3,5-6,8H2,1H3,(H,14,15). The average molecular weight is 220 g/mol. The van der Waals surface area contributed by atoms with E-state index in [9.17, 15) is 9.90 Å². The Balaban J connectivity index is 1.96. The first-order valence-corrected chi connectivity index (χ1v) is 5.53. The Morgan fingerprint density at radius 1 is 1.62 bits per heavy atom. The molecule has 1 aromatic heterocycles. The van der Waals surface area contributed by atoms with E-state index in [1.807, 2.05) is 13.0 Å². The average Bonchev–Trinajstić information content (AvgIpc) is 2.24. The van der Waals surface area contributed by atoms with Crippen LogP contribution >= 0.6 is 0 Å². The molecule has 1 amide bonds. The molecule has 1 aliphatic carbocycles. The molecule has 4 nitrogen and oxygen atoms in total. The van der Waals surface area contributed by atoms with Crippen molar-refractivity contribution >= 4 is 5.91 Å². The van der Waals surface area contributed by atoms with Crippen molar-refractivity contribution in [3.63, 3.8) is 0 Å². The number of rotatable bonds is 3. The lowest BCUT2D eigenvalue weighted by Crippen LogP contribution is -2.48. The summed E-state index contributed by atoms with van der Waals surface area (Å²) >= 11 is 0. The minimum atomic E-state index is -0.682. The summed E-state index contributed by atoms with van der Waals surface area (Å²) in [6.45, 7) is 2.17. The number of carbonyl (C=O) groups is 1. The predicted octanol–water partition coefficient (Wildman–Crippen LogP) is 1.03. The van der Waals surface area contributed by atoms with Crippen LogP contribution in [0.3, 0.4) is 0 Å². The molecule has 0 radical (unpaired) electrons. The molecule has 0 atom stereocenters. The fourth-order valence-electron chi connectivity index (χ4n) is 1.81. The van der Waals surface area contributed by atoms with Gasteiger partial charge in [0.2, 0.25) is 0 Å². The molecule has 0 aromatic carbocycles. The van der Waals surface area contributed by atoms with Gasteiger partial charge in [0, 0.05) is 12.7 Å². The summed E-state index contributed by atoms with van der Waals surface area (Å²) < 4.78 is 0. The van der Waals surface area contributed by atoms with E-state index in [1.165, 1.54) is 0 Å². The van der Waals surface area contributed by atoms with Gasteiger partial charge in [-0.2, -0.15) is 0 Å². The second-order valence-electron chi connectivity index (χ2n) is 4.43. The van der Waals surface area contributed by atoms with E-state index in [4.69, 9.17) is 0 Å². The Hall–Kier alpha value is -1.42. The first kappa shape index (κ1) is 11.1. The Morgan fingerprint density at radius 3 is 2.94 bits per heavy atom. The number of amides is 1. The Morgan fingerprint density at radius 2 is 2.38 bits per heavy atom. The van der Waals surface area contributed by atoms with Crippen LogP contribution in [0, 0.1) is 6.92 Å². The van der Waals surface area contributed by atoms with Crippen LogP contribution in [0.25, 0.3) is 0 Å². The van der Waals surface area contributed by atoms with Gasteiger partial charge in [-0.15, -0.1) is 0 Å². The van der Waals surface area contributed by atoms with E-state index in [0.717, 1.165) is 24.8 Å². The van der Waals surface area contributed by atoms with Crippen molar-refractivity contribution in [2.24, 2.45) is 0 Å². The van der Waals surface area contributed by atoms with Gasteiger partial charge in [-0.3, -0.25) is 9.78 Å². The van der Waals surface area contributed by atoms with Crippen LogP contribution in [0.1, 0.15) is 35.3 Å². The van der Waals surface area contributed by atoms with Gasteiger partial charge in [0.1, 0.15) is 5.69 Å². The van der Waals surface area contributed by atoms with Crippen LogP contribution in [0.4, 0.5) is 0 Å². The maximum Gasteiger partial charge on any atom is 0.270 e. The van der Waals surface area contributed by atoms with Crippen molar-refractivity contribution in [2.45, 2.75) is 31.8 Å². The molecule has 0 aliphatic heterocycles. The zero-order chi connectivity index (χ0) is 11.6. The molecule has 0 unspecified atom stereocenters. The second-order valence-corrected chi connectivity index (χ2v) is 4.43. The smallest absolute Gasteiger partial charge is 0.270 e. The molecule has 16 heavy (non-hydrogen) atoms. The Labute approximate surface area is 94.7 Å². The molecule has 1 fully saturated rings. The largest absolute Gasteiger partial charge is 0.388 e. The van der Waals surface area contributed by atoms with E-state index < -0.39 is 5.60 Å². The van der Waals surface area contributed by atoms with Crippen molar-refractivity contribution in [1.29, 1.82) is 0 Å². The molecule has 1 aromatic rings. The maximum absolute atomic E-state index is 11.8. The highest BCUT2D eigenvalue weighted by Gasteiger charge is 2.34. The highest BCUT2D eigenvalue weighted by molar-refractivity contribution is 5.93. The van der Waals surface area contributed by atoms with Crippen molar-refractivity contribution < 1.29 is 9.90 Å². The Bertz CT molecular complexity index is 400. The van der Waals surface area contributed by atoms with Crippen LogP contribution in [-0.4, -0.2) is 28.1 Å². The lowest BCUT2D eigenvalue weighted by atomic mass is 9.80. The number of hydrogen-bond donors (Lipinski definition) is 2. The summed E-state index contributed by atoms with van der Waals surface area (Å²) in [6.07, 6.45) is 4.18. The third-order valence-electron chi connectivity index (χ3n) is 3.09.